The average molecular weight is 251 g/mol. The van der Waals surface area contributed by atoms with Crippen LogP contribution in [-0.4, -0.2) is 12.3 Å². The van der Waals surface area contributed by atoms with Gasteiger partial charge in [-0.25, -0.2) is 0 Å². The van der Waals surface area contributed by atoms with E-state index >= 15 is 0 Å². The van der Waals surface area contributed by atoms with Gasteiger partial charge in [-0.1, -0.05) is 38.3 Å². The van der Waals surface area contributed by atoms with E-state index < -0.39 is 0 Å². The topological polar surface area (TPSA) is 12.0 Å². The average Bonchev–Trinajstić information content (AvgIpc) is 2.36. The number of benzene rings is 1. The van der Waals surface area contributed by atoms with Crippen molar-refractivity contribution in [3.05, 3.63) is 29.8 Å². The van der Waals surface area contributed by atoms with E-state index in [4.69, 9.17) is 0 Å². The molecule has 0 aromatic heterocycles. The summed E-state index contributed by atoms with van der Waals surface area (Å²) in [7, 11) is 0. The fraction of sp³-hybridized carbons (Fsp3) is 0.600. The molecule has 1 N–H and O–H groups in total. The zero-order valence-corrected chi connectivity index (χ0v) is 11.8. The van der Waals surface area contributed by atoms with Crippen LogP contribution in [0.3, 0.4) is 0 Å². The lowest BCUT2D eigenvalue weighted by Gasteiger charge is -2.07. The molecule has 0 bridgehead atoms. The van der Waals surface area contributed by atoms with E-state index in [2.05, 4.69) is 49.1 Å². The Morgan fingerprint density at radius 1 is 1.12 bits per heavy atom. The highest BCUT2D eigenvalue weighted by atomic mass is 32.1. The maximum atomic E-state index is 4.21. The van der Waals surface area contributed by atoms with Crippen molar-refractivity contribution in [2.75, 3.05) is 17.6 Å². The van der Waals surface area contributed by atoms with E-state index in [0.29, 0.717) is 0 Å². The van der Waals surface area contributed by atoms with Crippen molar-refractivity contribution in [1.82, 2.24) is 0 Å². The molecule has 17 heavy (non-hydrogen) atoms. The van der Waals surface area contributed by atoms with Gasteiger partial charge in [0.2, 0.25) is 0 Å². The summed E-state index contributed by atoms with van der Waals surface area (Å²) in [6, 6.07) is 8.81. The van der Waals surface area contributed by atoms with E-state index in [-0.39, 0.29) is 0 Å². The third-order valence-corrected chi connectivity index (χ3v) is 3.23. The molecule has 0 unspecified atom stereocenters. The number of rotatable bonds is 9. The van der Waals surface area contributed by atoms with E-state index in [0.717, 1.165) is 18.7 Å². The monoisotopic (exact) mass is 251 g/mol. The zero-order valence-electron chi connectivity index (χ0n) is 10.9. The predicted molar refractivity (Wildman–Crippen MR) is 81.2 cm³/mol. The second-order valence-electron chi connectivity index (χ2n) is 4.51. The summed E-state index contributed by atoms with van der Waals surface area (Å²) in [6.45, 7) is 3.27. The lowest BCUT2D eigenvalue weighted by atomic mass is 10.1. The van der Waals surface area contributed by atoms with Gasteiger partial charge < -0.3 is 5.32 Å². The number of anilines is 1. The van der Waals surface area contributed by atoms with Crippen LogP contribution in [0.4, 0.5) is 5.69 Å². The molecule has 0 aliphatic carbocycles. The third-order valence-electron chi connectivity index (χ3n) is 2.91. The molecule has 0 spiro atoms. The Morgan fingerprint density at radius 3 is 2.76 bits per heavy atom. The maximum Gasteiger partial charge on any atom is 0.0342 e. The summed E-state index contributed by atoms with van der Waals surface area (Å²) in [5.74, 6) is 0.948. The Hall–Kier alpha value is -0.630. The van der Waals surface area contributed by atoms with Crippen molar-refractivity contribution in [3.63, 3.8) is 0 Å². The van der Waals surface area contributed by atoms with Crippen LogP contribution in [0.5, 0.6) is 0 Å². The van der Waals surface area contributed by atoms with E-state index in [1.165, 1.54) is 43.4 Å². The fourth-order valence-electron chi connectivity index (χ4n) is 1.90. The first-order valence-electron chi connectivity index (χ1n) is 6.80. The molecule has 96 valence electrons. The summed E-state index contributed by atoms with van der Waals surface area (Å²) >= 11 is 4.21. The number of aryl methyl sites for hydroxylation is 1. The molecule has 1 nitrogen and oxygen atoms in total. The van der Waals surface area contributed by atoms with E-state index in [1.807, 2.05) is 0 Å². The van der Waals surface area contributed by atoms with Crippen LogP contribution in [0, 0.1) is 0 Å². The van der Waals surface area contributed by atoms with Crippen LogP contribution >= 0.6 is 12.6 Å². The molecular formula is C15H25NS. The Morgan fingerprint density at radius 2 is 2.00 bits per heavy atom. The molecule has 1 rings (SSSR count). The van der Waals surface area contributed by atoms with Gasteiger partial charge in [-0.3, -0.25) is 0 Å². The molecule has 2 heteroatoms. The lowest BCUT2D eigenvalue weighted by Crippen LogP contribution is -2.02. The fourth-order valence-corrected chi connectivity index (χ4v) is 2.06. The minimum atomic E-state index is 0.948. The molecule has 0 atom stereocenters. The number of nitrogens with one attached hydrogen (secondary N) is 1. The molecule has 0 aliphatic heterocycles. The number of unbranched alkanes of at least 4 members (excludes halogenated alkanes) is 3. The summed E-state index contributed by atoms with van der Waals surface area (Å²) in [5.41, 5.74) is 2.71. The van der Waals surface area contributed by atoms with Crippen molar-refractivity contribution >= 4 is 18.3 Å². The van der Waals surface area contributed by atoms with Gasteiger partial charge in [0, 0.05) is 12.2 Å². The van der Waals surface area contributed by atoms with Gasteiger partial charge in [-0.2, -0.15) is 12.6 Å². The molecule has 0 amide bonds. The normalized spacial score (nSPS) is 10.5. The zero-order chi connectivity index (χ0) is 12.3. The highest BCUT2D eigenvalue weighted by molar-refractivity contribution is 7.80. The molecule has 0 heterocycles. The van der Waals surface area contributed by atoms with Crippen molar-refractivity contribution in [1.29, 1.82) is 0 Å². The van der Waals surface area contributed by atoms with Gasteiger partial charge in [0.15, 0.2) is 0 Å². The van der Waals surface area contributed by atoms with Crippen LogP contribution in [0.2, 0.25) is 0 Å². The second-order valence-corrected chi connectivity index (χ2v) is 4.96. The van der Waals surface area contributed by atoms with E-state index in [9.17, 15) is 0 Å². The first kappa shape index (κ1) is 14.4. The van der Waals surface area contributed by atoms with Gasteiger partial charge in [0.05, 0.1) is 0 Å². The first-order valence-corrected chi connectivity index (χ1v) is 7.43. The second kappa shape index (κ2) is 9.41. The van der Waals surface area contributed by atoms with Crippen molar-refractivity contribution in [3.8, 4) is 0 Å². The Balaban J connectivity index is 2.31. The number of hydrogen-bond acceptors (Lipinski definition) is 2. The largest absolute Gasteiger partial charge is 0.385 e. The molecule has 0 aliphatic rings. The summed E-state index contributed by atoms with van der Waals surface area (Å²) in [6.07, 6.45) is 7.67. The maximum absolute atomic E-state index is 4.21. The summed E-state index contributed by atoms with van der Waals surface area (Å²) in [5, 5.41) is 3.44. The van der Waals surface area contributed by atoms with Gasteiger partial charge in [0.1, 0.15) is 0 Å². The predicted octanol–water partition coefficient (Wildman–Crippen LogP) is 4.54. The Labute approximate surface area is 111 Å². The number of thiol groups is 1. The Kier molecular flexibility index (Phi) is 7.98. The number of hydrogen-bond donors (Lipinski definition) is 2. The molecule has 0 saturated carbocycles. The summed E-state index contributed by atoms with van der Waals surface area (Å²) < 4.78 is 0. The summed E-state index contributed by atoms with van der Waals surface area (Å²) in [4.78, 5) is 0. The van der Waals surface area contributed by atoms with Gasteiger partial charge in [-0.05, 0) is 42.7 Å². The van der Waals surface area contributed by atoms with Crippen LogP contribution in [0.1, 0.15) is 44.6 Å². The quantitative estimate of drug-likeness (QED) is 0.485. The van der Waals surface area contributed by atoms with Crippen LogP contribution in [-0.2, 0) is 6.42 Å². The standard InChI is InChI=1S/C15H25NS/c1-2-3-4-5-8-14-9-6-10-15(13-14)16-11-7-12-17/h6,9-10,13,16-17H,2-5,7-8,11-12H2,1H3. The van der Waals surface area contributed by atoms with Crippen molar-refractivity contribution < 1.29 is 0 Å². The van der Waals surface area contributed by atoms with Gasteiger partial charge in [-0.15, -0.1) is 0 Å². The van der Waals surface area contributed by atoms with Gasteiger partial charge >= 0.3 is 0 Å². The molecule has 0 fully saturated rings. The lowest BCUT2D eigenvalue weighted by molar-refractivity contribution is 0.667. The SMILES string of the molecule is CCCCCCc1cccc(NCCCS)c1. The minimum Gasteiger partial charge on any atom is -0.385 e. The minimum absolute atomic E-state index is 0.948. The molecule has 1 aromatic rings. The molecular weight excluding hydrogens is 226 g/mol. The van der Waals surface area contributed by atoms with Crippen molar-refractivity contribution in [2.45, 2.75) is 45.4 Å². The smallest absolute Gasteiger partial charge is 0.0342 e. The highest BCUT2D eigenvalue weighted by Crippen LogP contribution is 2.13. The Bertz CT molecular complexity index is 299. The van der Waals surface area contributed by atoms with Crippen LogP contribution in [0.25, 0.3) is 0 Å². The third kappa shape index (κ3) is 6.62. The van der Waals surface area contributed by atoms with Crippen molar-refractivity contribution in [2.24, 2.45) is 0 Å². The van der Waals surface area contributed by atoms with Crippen LogP contribution in [0.15, 0.2) is 24.3 Å². The van der Waals surface area contributed by atoms with Gasteiger partial charge in [0.25, 0.3) is 0 Å². The highest BCUT2D eigenvalue weighted by Gasteiger charge is 1.96. The van der Waals surface area contributed by atoms with E-state index in [1.54, 1.807) is 0 Å². The molecule has 1 aromatic carbocycles. The molecule has 0 saturated heterocycles. The van der Waals surface area contributed by atoms with Crippen LogP contribution < -0.4 is 5.32 Å². The molecule has 0 radical (unpaired) electrons. The first-order chi connectivity index (χ1) is 8.36.